The van der Waals surface area contributed by atoms with Crippen LogP contribution >= 0.6 is 0 Å². The molecule has 1 aliphatic carbocycles. The highest BCUT2D eigenvalue weighted by atomic mass is 16.5. The second-order valence-corrected chi connectivity index (χ2v) is 7.02. The van der Waals surface area contributed by atoms with Gasteiger partial charge in [-0.1, -0.05) is 6.07 Å². The molecule has 4 rings (SSSR count). The van der Waals surface area contributed by atoms with Crippen molar-refractivity contribution in [3.63, 3.8) is 0 Å². The summed E-state index contributed by atoms with van der Waals surface area (Å²) >= 11 is 0. The van der Waals surface area contributed by atoms with Gasteiger partial charge in [-0.15, -0.1) is 0 Å². The standard InChI is InChI=1S/C20H25N5O3/c1-27-17-5-3-4-15(19(17)28-2)23-20(26)25-10-8-24(9-11-25)18-12-16(14-6-7-14)21-13-22-18/h3-5,12-14H,6-11H2,1-2H3,(H,23,26). The largest absolute Gasteiger partial charge is 0.493 e. The van der Waals surface area contributed by atoms with Crippen LogP contribution < -0.4 is 19.7 Å². The third-order valence-corrected chi connectivity index (χ3v) is 5.20. The van der Waals surface area contributed by atoms with Crippen molar-refractivity contribution in [2.75, 3.05) is 50.6 Å². The molecular weight excluding hydrogens is 358 g/mol. The van der Waals surface area contributed by atoms with Crippen molar-refractivity contribution in [1.29, 1.82) is 0 Å². The lowest BCUT2D eigenvalue weighted by Gasteiger charge is -2.35. The summed E-state index contributed by atoms with van der Waals surface area (Å²) in [6.45, 7) is 2.73. The van der Waals surface area contributed by atoms with Crippen molar-refractivity contribution in [2.24, 2.45) is 0 Å². The zero-order valence-electron chi connectivity index (χ0n) is 16.2. The van der Waals surface area contributed by atoms with Gasteiger partial charge in [-0.05, 0) is 25.0 Å². The van der Waals surface area contributed by atoms with E-state index in [-0.39, 0.29) is 6.03 Å². The summed E-state index contributed by atoms with van der Waals surface area (Å²) in [5.41, 5.74) is 1.73. The van der Waals surface area contributed by atoms with E-state index in [0.29, 0.717) is 36.2 Å². The van der Waals surface area contributed by atoms with E-state index in [1.807, 2.05) is 6.07 Å². The van der Waals surface area contributed by atoms with Crippen LogP contribution in [0.2, 0.25) is 0 Å². The quantitative estimate of drug-likeness (QED) is 0.855. The van der Waals surface area contributed by atoms with Gasteiger partial charge in [-0.3, -0.25) is 0 Å². The number of nitrogens with zero attached hydrogens (tertiary/aromatic N) is 4. The average molecular weight is 383 g/mol. The number of piperazine rings is 1. The Morgan fingerprint density at radius 3 is 2.57 bits per heavy atom. The Morgan fingerprint density at radius 2 is 1.89 bits per heavy atom. The number of ether oxygens (including phenoxy) is 2. The fourth-order valence-corrected chi connectivity index (χ4v) is 3.46. The molecule has 8 heteroatoms. The number of benzene rings is 1. The lowest BCUT2D eigenvalue weighted by Crippen LogP contribution is -2.50. The zero-order valence-corrected chi connectivity index (χ0v) is 16.2. The number of methoxy groups -OCH3 is 2. The van der Waals surface area contributed by atoms with Gasteiger partial charge in [0.15, 0.2) is 11.5 Å². The molecule has 1 aliphatic heterocycles. The lowest BCUT2D eigenvalue weighted by atomic mass is 10.2. The minimum Gasteiger partial charge on any atom is -0.493 e. The van der Waals surface area contributed by atoms with Gasteiger partial charge in [0.2, 0.25) is 0 Å². The first-order chi connectivity index (χ1) is 13.7. The van der Waals surface area contributed by atoms with Crippen molar-refractivity contribution < 1.29 is 14.3 Å². The molecule has 0 bridgehead atoms. The highest BCUT2D eigenvalue weighted by molar-refractivity contribution is 5.91. The van der Waals surface area contributed by atoms with Crippen LogP contribution in [0.25, 0.3) is 0 Å². The number of carbonyl (C=O) groups excluding carboxylic acids is 1. The molecule has 8 nitrogen and oxygen atoms in total. The third kappa shape index (κ3) is 3.81. The van der Waals surface area contributed by atoms with Crippen molar-refractivity contribution in [1.82, 2.24) is 14.9 Å². The Bertz CT molecular complexity index is 847. The number of anilines is 2. The molecule has 0 atom stereocenters. The molecule has 1 saturated carbocycles. The molecule has 0 unspecified atom stereocenters. The molecule has 28 heavy (non-hydrogen) atoms. The lowest BCUT2D eigenvalue weighted by molar-refractivity contribution is 0.208. The summed E-state index contributed by atoms with van der Waals surface area (Å²) in [6, 6.07) is 7.36. The van der Waals surface area contributed by atoms with Crippen LogP contribution in [0.4, 0.5) is 16.3 Å². The molecule has 2 heterocycles. The Morgan fingerprint density at radius 1 is 1.11 bits per heavy atom. The Balaban J connectivity index is 1.37. The highest BCUT2D eigenvalue weighted by Crippen LogP contribution is 2.39. The van der Waals surface area contributed by atoms with E-state index < -0.39 is 0 Å². The van der Waals surface area contributed by atoms with Crippen LogP contribution in [0.5, 0.6) is 11.5 Å². The van der Waals surface area contributed by atoms with Crippen molar-refractivity contribution in [2.45, 2.75) is 18.8 Å². The SMILES string of the molecule is COc1cccc(NC(=O)N2CCN(c3cc(C4CC4)ncn3)CC2)c1OC. The predicted octanol–water partition coefficient (Wildman–Crippen LogP) is 2.73. The van der Waals surface area contributed by atoms with Gasteiger partial charge >= 0.3 is 6.03 Å². The summed E-state index contributed by atoms with van der Waals surface area (Å²) in [5.74, 6) is 2.66. The van der Waals surface area contributed by atoms with E-state index in [1.165, 1.54) is 12.8 Å². The molecule has 2 aliphatic rings. The van der Waals surface area contributed by atoms with Gasteiger partial charge < -0.3 is 24.6 Å². The second kappa shape index (κ2) is 7.92. The number of rotatable bonds is 5. The van der Waals surface area contributed by atoms with Crippen LogP contribution in [0, 0.1) is 0 Å². The molecule has 148 valence electrons. The molecule has 2 amide bonds. The van der Waals surface area contributed by atoms with Gasteiger partial charge in [0.25, 0.3) is 0 Å². The number of hydrogen-bond donors (Lipinski definition) is 1. The molecule has 2 fully saturated rings. The van der Waals surface area contributed by atoms with Crippen LogP contribution in [-0.4, -0.2) is 61.3 Å². The minimum absolute atomic E-state index is 0.146. The maximum Gasteiger partial charge on any atom is 0.322 e. The Hall–Kier alpha value is -3.03. The summed E-state index contributed by atoms with van der Waals surface area (Å²) in [4.78, 5) is 25.5. The number of urea groups is 1. The number of aromatic nitrogens is 2. The van der Waals surface area contributed by atoms with Crippen LogP contribution in [0.1, 0.15) is 24.5 Å². The molecule has 0 radical (unpaired) electrons. The molecule has 2 aromatic rings. The van der Waals surface area contributed by atoms with E-state index in [2.05, 4.69) is 26.3 Å². The highest BCUT2D eigenvalue weighted by Gasteiger charge is 2.27. The fourth-order valence-electron chi connectivity index (χ4n) is 3.46. The van der Waals surface area contributed by atoms with Gasteiger partial charge in [0.1, 0.15) is 12.1 Å². The zero-order chi connectivity index (χ0) is 19.5. The smallest absolute Gasteiger partial charge is 0.322 e. The average Bonchev–Trinajstić information content (AvgIpc) is 3.59. The second-order valence-electron chi connectivity index (χ2n) is 7.02. The molecule has 1 aromatic carbocycles. The Kier molecular flexibility index (Phi) is 5.18. The van der Waals surface area contributed by atoms with E-state index in [4.69, 9.17) is 9.47 Å². The summed E-state index contributed by atoms with van der Waals surface area (Å²) in [7, 11) is 3.13. The molecule has 0 spiro atoms. The fraction of sp³-hybridized carbons (Fsp3) is 0.450. The van der Waals surface area contributed by atoms with Crippen molar-refractivity contribution in [3.05, 3.63) is 36.3 Å². The molecule has 1 N–H and O–H groups in total. The molecule has 1 saturated heterocycles. The number of carbonyl (C=O) groups is 1. The number of amides is 2. The number of hydrogen-bond acceptors (Lipinski definition) is 6. The monoisotopic (exact) mass is 383 g/mol. The van der Waals surface area contributed by atoms with Gasteiger partial charge in [-0.2, -0.15) is 0 Å². The van der Waals surface area contributed by atoms with Crippen molar-refractivity contribution in [3.8, 4) is 11.5 Å². The van der Waals surface area contributed by atoms with Gasteiger partial charge in [0, 0.05) is 43.9 Å². The minimum atomic E-state index is -0.146. The maximum absolute atomic E-state index is 12.7. The normalized spacial score (nSPS) is 16.6. The maximum atomic E-state index is 12.7. The molecule has 1 aromatic heterocycles. The molecular formula is C20H25N5O3. The number of para-hydroxylation sites is 1. The number of nitrogens with one attached hydrogen (secondary N) is 1. The van der Waals surface area contributed by atoms with Crippen LogP contribution in [0.15, 0.2) is 30.6 Å². The predicted molar refractivity (Wildman–Crippen MR) is 106 cm³/mol. The third-order valence-electron chi connectivity index (χ3n) is 5.20. The first-order valence-corrected chi connectivity index (χ1v) is 9.53. The van der Waals surface area contributed by atoms with E-state index in [0.717, 1.165) is 24.6 Å². The Labute approximate surface area is 164 Å². The van der Waals surface area contributed by atoms with Crippen LogP contribution in [0.3, 0.4) is 0 Å². The first kappa shape index (κ1) is 18.3. The summed E-state index contributed by atoms with van der Waals surface area (Å²) in [6.07, 6.45) is 4.09. The van der Waals surface area contributed by atoms with Crippen LogP contribution in [-0.2, 0) is 0 Å². The summed E-state index contributed by atoms with van der Waals surface area (Å²) < 4.78 is 10.7. The van der Waals surface area contributed by atoms with E-state index >= 15 is 0 Å². The van der Waals surface area contributed by atoms with E-state index in [1.54, 1.807) is 37.6 Å². The van der Waals surface area contributed by atoms with Crippen molar-refractivity contribution >= 4 is 17.5 Å². The summed E-state index contributed by atoms with van der Waals surface area (Å²) in [5, 5.41) is 2.93. The van der Waals surface area contributed by atoms with Gasteiger partial charge in [0.05, 0.1) is 19.9 Å². The topological polar surface area (TPSA) is 79.8 Å². The van der Waals surface area contributed by atoms with Gasteiger partial charge in [-0.25, -0.2) is 14.8 Å². The van der Waals surface area contributed by atoms with E-state index in [9.17, 15) is 4.79 Å². The first-order valence-electron chi connectivity index (χ1n) is 9.53.